The van der Waals surface area contributed by atoms with E-state index in [1.54, 1.807) is 18.2 Å². The number of ether oxygens (including phenoxy) is 2. The van der Waals surface area contributed by atoms with E-state index >= 15 is 0 Å². The first-order chi connectivity index (χ1) is 8.21. The van der Waals surface area contributed by atoms with Crippen molar-refractivity contribution in [2.75, 3.05) is 5.73 Å². The predicted molar refractivity (Wildman–Crippen MR) is 70.8 cm³/mol. The van der Waals surface area contributed by atoms with Gasteiger partial charge in [-0.05, 0) is 39.8 Å². The van der Waals surface area contributed by atoms with Gasteiger partial charge >= 0.3 is 0 Å². The maximum Gasteiger partial charge on any atom is 0.146 e. The third-order valence-electron chi connectivity index (χ3n) is 3.30. The molecule has 2 rings (SSSR count). The molecule has 0 aliphatic carbocycles. The second-order valence-corrected chi connectivity index (χ2v) is 5.96. The average Bonchev–Trinajstić information content (AvgIpc) is 2.42. The van der Waals surface area contributed by atoms with E-state index in [4.69, 9.17) is 15.2 Å². The van der Waals surface area contributed by atoms with Crippen molar-refractivity contribution in [3.8, 4) is 11.5 Å². The second kappa shape index (κ2) is 4.05. The zero-order chi connectivity index (χ0) is 13.6. The first-order valence-corrected chi connectivity index (χ1v) is 6.15. The third-order valence-corrected chi connectivity index (χ3v) is 3.30. The van der Waals surface area contributed by atoms with Crippen molar-refractivity contribution in [2.45, 2.75) is 51.4 Å². The molecule has 0 radical (unpaired) electrons. The zero-order valence-electron chi connectivity index (χ0n) is 11.4. The molecule has 18 heavy (non-hydrogen) atoms. The van der Waals surface area contributed by atoms with E-state index in [0.29, 0.717) is 5.75 Å². The van der Waals surface area contributed by atoms with Crippen LogP contribution < -0.4 is 10.5 Å². The lowest BCUT2D eigenvalue weighted by Crippen LogP contribution is -2.36. The number of benzene rings is 1. The first-order valence-electron chi connectivity index (χ1n) is 6.15. The normalized spacial score (nSPS) is 25.0. The molecule has 4 nitrogen and oxygen atoms in total. The summed E-state index contributed by atoms with van der Waals surface area (Å²) >= 11 is 0. The Morgan fingerprint density at radius 2 is 2.00 bits per heavy atom. The maximum atomic E-state index is 9.57. The summed E-state index contributed by atoms with van der Waals surface area (Å²) in [4.78, 5) is 0. The number of phenolic OH excluding ortho intramolecular Hbond substituents is 1. The molecule has 1 atom stereocenters. The minimum atomic E-state index is -0.374. The number of para-hydroxylation sites is 1. The molecule has 1 unspecified atom stereocenters. The van der Waals surface area contributed by atoms with Gasteiger partial charge in [0.15, 0.2) is 0 Å². The molecule has 4 heteroatoms. The monoisotopic (exact) mass is 251 g/mol. The van der Waals surface area contributed by atoms with Crippen LogP contribution in [0.3, 0.4) is 0 Å². The summed E-state index contributed by atoms with van der Waals surface area (Å²) in [5.41, 5.74) is 5.49. The van der Waals surface area contributed by atoms with Gasteiger partial charge < -0.3 is 20.3 Å². The van der Waals surface area contributed by atoms with Gasteiger partial charge in [-0.2, -0.15) is 0 Å². The fourth-order valence-electron chi connectivity index (χ4n) is 2.48. The maximum absolute atomic E-state index is 9.57. The zero-order valence-corrected chi connectivity index (χ0v) is 11.4. The van der Waals surface area contributed by atoms with Crippen LogP contribution in [0.5, 0.6) is 11.5 Å². The predicted octanol–water partition coefficient (Wildman–Crippen LogP) is 2.70. The van der Waals surface area contributed by atoms with Crippen LogP contribution in [-0.4, -0.2) is 22.4 Å². The summed E-state index contributed by atoms with van der Waals surface area (Å²) in [5, 5.41) is 9.57. The van der Waals surface area contributed by atoms with Crippen molar-refractivity contribution >= 4 is 5.69 Å². The van der Waals surface area contributed by atoms with Crippen LogP contribution in [0.25, 0.3) is 0 Å². The lowest BCUT2D eigenvalue weighted by molar-refractivity contribution is -0.0845. The Kier molecular flexibility index (Phi) is 2.93. The van der Waals surface area contributed by atoms with Gasteiger partial charge in [0.25, 0.3) is 0 Å². The van der Waals surface area contributed by atoms with Crippen molar-refractivity contribution in [1.29, 1.82) is 0 Å². The van der Waals surface area contributed by atoms with Crippen LogP contribution in [0.15, 0.2) is 18.2 Å². The molecule has 1 aliphatic rings. The van der Waals surface area contributed by atoms with E-state index in [9.17, 15) is 5.11 Å². The van der Waals surface area contributed by atoms with Gasteiger partial charge in [0.1, 0.15) is 28.9 Å². The van der Waals surface area contributed by atoms with Crippen molar-refractivity contribution in [3.63, 3.8) is 0 Å². The molecule has 0 amide bonds. The van der Waals surface area contributed by atoms with Crippen LogP contribution in [0, 0.1) is 0 Å². The molecule has 1 fully saturated rings. The molecule has 0 saturated carbocycles. The van der Waals surface area contributed by atoms with Gasteiger partial charge in [-0.1, -0.05) is 6.07 Å². The molecule has 1 aromatic carbocycles. The smallest absolute Gasteiger partial charge is 0.146 e. The second-order valence-electron chi connectivity index (χ2n) is 5.96. The number of phenols is 1. The molecule has 1 aliphatic heterocycles. The SMILES string of the molecule is CC1(C)CC(Oc2cccc(O)c2N)C(C)(C)O1. The molecule has 3 N–H and O–H groups in total. The Labute approximate surface area is 108 Å². The summed E-state index contributed by atoms with van der Waals surface area (Å²) in [5.74, 6) is 0.554. The van der Waals surface area contributed by atoms with Crippen molar-refractivity contribution in [1.82, 2.24) is 0 Å². The largest absolute Gasteiger partial charge is 0.506 e. The number of nitrogen functional groups attached to an aromatic ring is 1. The van der Waals surface area contributed by atoms with Gasteiger partial charge in [0.05, 0.1) is 5.60 Å². The number of rotatable bonds is 2. The van der Waals surface area contributed by atoms with Crippen LogP contribution in [-0.2, 0) is 4.74 Å². The van der Waals surface area contributed by atoms with E-state index in [0.717, 1.165) is 6.42 Å². The van der Waals surface area contributed by atoms with Crippen LogP contribution in [0.2, 0.25) is 0 Å². The Morgan fingerprint density at radius 3 is 2.56 bits per heavy atom. The van der Waals surface area contributed by atoms with Gasteiger partial charge in [-0.25, -0.2) is 0 Å². The molecule has 1 heterocycles. The third kappa shape index (κ3) is 2.38. The highest BCUT2D eigenvalue weighted by atomic mass is 16.6. The Hall–Kier alpha value is -1.42. The first kappa shape index (κ1) is 13.0. The van der Waals surface area contributed by atoms with E-state index < -0.39 is 0 Å². The summed E-state index contributed by atoms with van der Waals surface area (Å²) < 4.78 is 11.9. The van der Waals surface area contributed by atoms with Gasteiger partial charge in [-0.15, -0.1) is 0 Å². The lowest BCUT2D eigenvalue weighted by atomic mass is 9.97. The number of aromatic hydroxyl groups is 1. The Balaban J connectivity index is 2.22. The highest BCUT2D eigenvalue weighted by Gasteiger charge is 2.47. The molecule has 100 valence electrons. The molecular formula is C14H21NO3. The summed E-state index contributed by atoms with van der Waals surface area (Å²) in [6.07, 6.45) is 0.700. The lowest BCUT2D eigenvalue weighted by Gasteiger charge is -2.27. The van der Waals surface area contributed by atoms with E-state index in [-0.39, 0.29) is 28.7 Å². The molecule has 1 saturated heterocycles. The molecular weight excluding hydrogens is 230 g/mol. The average molecular weight is 251 g/mol. The minimum absolute atomic E-state index is 0.0449. The topological polar surface area (TPSA) is 64.7 Å². The van der Waals surface area contributed by atoms with Crippen molar-refractivity contribution in [2.24, 2.45) is 0 Å². The van der Waals surface area contributed by atoms with E-state index in [2.05, 4.69) is 0 Å². The highest BCUT2D eigenvalue weighted by Crippen LogP contribution is 2.41. The van der Waals surface area contributed by atoms with E-state index in [1.807, 2.05) is 27.7 Å². The summed E-state index contributed by atoms with van der Waals surface area (Å²) in [6.45, 7) is 8.10. The summed E-state index contributed by atoms with van der Waals surface area (Å²) in [6, 6.07) is 5.02. The van der Waals surface area contributed by atoms with Crippen LogP contribution in [0.4, 0.5) is 5.69 Å². The molecule has 0 bridgehead atoms. The van der Waals surface area contributed by atoms with E-state index in [1.165, 1.54) is 0 Å². The minimum Gasteiger partial charge on any atom is -0.506 e. The molecule has 1 aromatic rings. The quantitative estimate of drug-likeness (QED) is 0.626. The van der Waals surface area contributed by atoms with Crippen LogP contribution >= 0.6 is 0 Å². The molecule has 0 aromatic heterocycles. The number of nitrogens with two attached hydrogens (primary N) is 1. The highest BCUT2D eigenvalue weighted by molar-refractivity contribution is 5.61. The summed E-state index contributed by atoms with van der Waals surface area (Å²) in [7, 11) is 0. The standard InChI is InChI=1S/C14H21NO3/c1-13(2)8-11(14(3,4)18-13)17-10-7-5-6-9(16)12(10)15/h5-7,11,16H,8,15H2,1-4H3. The fourth-order valence-corrected chi connectivity index (χ4v) is 2.48. The van der Waals surface area contributed by atoms with Gasteiger partial charge in [-0.3, -0.25) is 0 Å². The Morgan fingerprint density at radius 1 is 1.33 bits per heavy atom. The van der Waals surface area contributed by atoms with Gasteiger partial charge in [0.2, 0.25) is 0 Å². The number of hydrogen-bond acceptors (Lipinski definition) is 4. The van der Waals surface area contributed by atoms with Crippen molar-refractivity contribution < 1.29 is 14.6 Å². The molecule has 0 spiro atoms. The number of hydrogen-bond donors (Lipinski definition) is 2. The van der Waals surface area contributed by atoms with Crippen LogP contribution in [0.1, 0.15) is 34.1 Å². The number of anilines is 1. The van der Waals surface area contributed by atoms with Gasteiger partial charge in [0, 0.05) is 6.42 Å². The Bertz CT molecular complexity index is 454. The fraction of sp³-hybridized carbons (Fsp3) is 0.571. The van der Waals surface area contributed by atoms with Crippen molar-refractivity contribution in [3.05, 3.63) is 18.2 Å².